The molecule has 0 spiro atoms. The van der Waals surface area contributed by atoms with Crippen LogP contribution in [0.25, 0.3) is 0 Å². The van der Waals surface area contributed by atoms with Crippen LogP contribution in [0.2, 0.25) is 0 Å². The van der Waals surface area contributed by atoms with Crippen LogP contribution in [0.1, 0.15) is 105 Å². The Bertz CT molecular complexity index is 190. The first-order valence-corrected chi connectivity index (χ1v) is 13.1. The summed E-state index contributed by atoms with van der Waals surface area (Å²) < 4.78 is 0. The minimum absolute atomic E-state index is 0.912. The van der Waals surface area contributed by atoms with Crippen LogP contribution in [0.4, 0.5) is 0 Å². The predicted octanol–water partition coefficient (Wildman–Crippen LogP) is 7.50. The molecule has 0 amide bonds. The van der Waals surface area contributed by atoms with Crippen molar-refractivity contribution in [2.75, 3.05) is 24.6 Å². The fourth-order valence-electron chi connectivity index (χ4n) is 3.69. The Morgan fingerprint density at radius 2 is 0.762 bits per heavy atom. The quantitative estimate of drug-likeness (QED) is 0.204. The van der Waals surface area contributed by atoms with Crippen molar-refractivity contribution in [2.24, 2.45) is 0 Å². The van der Waals surface area contributed by atoms with Crippen LogP contribution in [-0.4, -0.2) is 24.6 Å². The molecule has 1 heteroatoms. The molecule has 0 aliphatic heterocycles. The van der Waals surface area contributed by atoms with Gasteiger partial charge in [-0.1, -0.05) is 0 Å². The van der Waals surface area contributed by atoms with Crippen molar-refractivity contribution in [1.29, 1.82) is 0 Å². The van der Waals surface area contributed by atoms with Gasteiger partial charge < -0.3 is 0 Å². The molecule has 0 N–H and O–H groups in total. The SMILES string of the molecule is CCCCCCCC[PH](CC)(CCCCC)CCCCC. The molecule has 0 radical (unpaired) electrons. The molecule has 0 bridgehead atoms. The van der Waals surface area contributed by atoms with Gasteiger partial charge in [-0.05, 0) is 0 Å². The van der Waals surface area contributed by atoms with Crippen molar-refractivity contribution >= 4 is 7.26 Å². The van der Waals surface area contributed by atoms with Crippen LogP contribution in [-0.2, 0) is 0 Å². The van der Waals surface area contributed by atoms with Crippen LogP contribution in [0.15, 0.2) is 0 Å². The Balaban J connectivity index is 4.12. The Hall–Kier alpha value is 0.430. The molecular weight excluding hydrogens is 271 g/mol. The summed E-state index contributed by atoms with van der Waals surface area (Å²) in [6.07, 6.45) is 24.1. The number of rotatable bonds is 16. The van der Waals surface area contributed by atoms with Gasteiger partial charge in [0.2, 0.25) is 0 Å². The standard InChI is InChI=1S/C20H45P/c1-5-9-12-13-14-17-20-21(8-4,18-15-10-6-2)19-16-11-7-3/h21H,5-20H2,1-4H3. The summed E-state index contributed by atoms with van der Waals surface area (Å²) >= 11 is 0. The fourth-order valence-corrected chi connectivity index (χ4v) is 8.50. The van der Waals surface area contributed by atoms with E-state index in [0.717, 1.165) is 0 Å². The van der Waals surface area contributed by atoms with Crippen molar-refractivity contribution in [3.63, 3.8) is 0 Å². The maximum absolute atomic E-state index is 2.52. The summed E-state index contributed by atoms with van der Waals surface area (Å²) in [4.78, 5) is 0. The van der Waals surface area contributed by atoms with Gasteiger partial charge in [0.05, 0.1) is 0 Å². The van der Waals surface area contributed by atoms with Gasteiger partial charge in [-0.25, -0.2) is 0 Å². The maximum atomic E-state index is 2.52. The molecule has 0 unspecified atom stereocenters. The van der Waals surface area contributed by atoms with Gasteiger partial charge in [0.1, 0.15) is 0 Å². The van der Waals surface area contributed by atoms with E-state index < -0.39 is 7.26 Å². The third-order valence-electron chi connectivity index (χ3n) is 5.43. The number of unbranched alkanes of at least 4 members (excludes halogenated alkanes) is 9. The third kappa shape index (κ3) is 11.6. The summed E-state index contributed by atoms with van der Waals surface area (Å²) in [7, 11) is -0.912. The first kappa shape index (κ1) is 21.4. The molecule has 130 valence electrons. The average molecular weight is 317 g/mol. The fraction of sp³-hybridized carbons (Fsp3) is 1.00. The van der Waals surface area contributed by atoms with E-state index in [1.807, 2.05) is 0 Å². The Kier molecular flexibility index (Phi) is 15.6. The number of hydrogen-bond acceptors (Lipinski definition) is 0. The van der Waals surface area contributed by atoms with Gasteiger partial charge in [0, 0.05) is 0 Å². The van der Waals surface area contributed by atoms with Crippen LogP contribution < -0.4 is 0 Å². The molecule has 0 aromatic rings. The third-order valence-corrected chi connectivity index (χ3v) is 11.2. The Morgan fingerprint density at radius 3 is 1.19 bits per heavy atom. The molecule has 0 heterocycles. The van der Waals surface area contributed by atoms with Crippen molar-refractivity contribution in [3.05, 3.63) is 0 Å². The zero-order valence-electron chi connectivity index (χ0n) is 15.8. The molecule has 0 saturated carbocycles. The molecule has 0 nitrogen and oxygen atoms in total. The van der Waals surface area contributed by atoms with Crippen LogP contribution in [0.3, 0.4) is 0 Å². The van der Waals surface area contributed by atoms with E-state index in [1.54, 1.807) is 31.1 Å². The Labute approximate surface area is 137 Å². The van der Waals surface area contributed by atoms with Crippen molar-refractivity contribution in [1.82, 2.24) is 0 Å². The average Bonchev–Trinajstić information content (AvgIpc) is 2.50. The van der Waals surface area contributed by atoms with Gasteiger partial charge >= 0.3 is 137 Å². The molecule has 0 aromatic carbocycles. The minimum atomic E-state index is -0.912. The van der Waals surface area contributed by atoms with E-state index >= 15 is 0 Å². The van der Waals surface area contributed by atoms with E-state index in [-0.39, 0.29) is 0 Å². The van der Waals surface area contributed by atoms with E-state index in [0.29, 0.717) is 0 Å². The summed E-state index contributed by atoms with van der Waals surface area (Å²) in [5, 5.41) is 0. The normalized spacial score (nSPS) is 12.8. The van der Waals surface area contributed by atoms with Gasteiger partial charge in [-0.15, -0.1) is 0 Å². The first-order chi connectivity index (χ1) is 10.2. The topological polar surface area (TPSA) is 0 Å². The zero-order chi connectivity index (χ0) is 15.8. The molecule has 0 atom stereocenters. The molecule has 0 aliphatic carbocycles. The van der Waals surface area contributed by atoms with Gasteiger partial charge in [-0.3, -0.25) is 0 Å². The van der Waals surface area contributed by atoms with E-state index in [1.165, 1.54) is 70.6 Å². The summed E-state index contributed by atoms with van der Waals surface area (Å²) in [6.45, 7) is 9.53. The van der Waals surface area contributed by atoms with Gasteiger partial charge in [-0.2, -0.15) is 0 Å². The monoisotopic (exact) mass is 316 g/mol. The van der Waals surface area contributed by atoms with E-state index in [9.17, 15) is 0 Å². The summed E-state index contributed by atoms with van der Waals surface area (Å²) in [5.74, 6) is 0. The summed E-state index contributed by atoms with van der Waals surface area (Å²) in [5.41, 5.74) is 0. The molecule has 0 aliphatic rings. The Morgan fingerprint density at radius 1 is 0.429 bits per heavy atom. The van der Waals surface area contributed by atoms with Crippen molar-refractivity contribution < 1.29 is 0 Å². The van der Waals surface area contributed by atoms with Crippen molar-refractivity contribution in [2.45, 2.75) is 105 Å². The van der Waals surface area contributed by atoms with Gasteiger partial charge in [0.15, 0.2) is 0 Å². The molecule has 0 aromatic heterocycles. The second kappa shape index (κ2) is 15.3. The van der Waals surface area contributed by atoms with Crippen molar-refractivity contribution in [3.8, 4) is 0 Å². The van der Waals surface area contributed by atoms with E-state index in [4.69, 9.17) is 0 Å². The first-order valence-electron chi connectivity index (χ1n) is 10.2. The van der Waals surface area contributed by atoms with Crippen LogP contribution in [0, 0.1) is 0 Å². The molecular formula is C20H45P. The van der Waals surface area contributed by atoms with Crippen LogP contribution >= 0.6 is 7.26 Å². The molecule has 0 rings (SSSR count). The summed E-state index contributed by atoms with van der Waals surface area (Å²) in [6, 6.07) is 0. The number of hydrogen-bond donors (Lipinski definition) is 0. The predicted molar refractivity (Wildman–Crippen MR) is 106 cm³/mol. The second-order valence-electron chi connectivity index (χ2n) is 7.29. The van der Waals surface area contributed by atoms with E-state index in [2.05, 4.69) is 27.7 Å². The second-order valence-corrected chi connectivity index (χ2v) is 12.5. The molecule has 21 heavy (non-hydrogen) atoms. The molecule has 0 saturated heterocycles. The molecule has 0 fully saturated rings. The zero-order valence-corrected chi connectivity index (χ0v) is 16.8. The van der Waals surface area contributed by atoms with Crippen LogP contribution in [0.5, 0.6) is 0 Å². The van der Waals surface area contributed by atoms with Gasteiger partial charge in [0.25, 0.3) is 0 Å².